The van der Waals surface area contributed by atoms with Crippen LogP contribution in [0.3, 0.4) is 0 Å². The summed E-state index contributed by atoms with van der Waals surface area (Å²) in [5, 5.41) is 10.7. The molecule has 2 aromatic carbocycles. The standard InChI is InChI=1S/C40H51FN4O7S/c1-24-20-32-29(22-30(24)41)27-13-11-14-28(21-27)31-23-45-36(42-31)34(43-53(8,48)49)26(3)33(35(38(46)47)52-39(4,5)6)37(45)44-17-15-40(7,16-18-44)50-19-10-9-12-25(2)51-32/h11,13-14,20-23,25,35,43H,9-10,12,15-19H2,1-8H3,(H,46,47)/t25-,35+/m1/s1. The van der Waals surface area contributed by atoms with Crippen molar-refractivity contribution in [3.8, 4) is 28.1 Å². The van der Waals surface area contributed by atoms with Crippen molar-refractivity contribution in [3.05, 3.63) is 65.1 Å². The minimum atomic E-state index is -3.84. The predicted molar refractivity (Wildman–Crippen MR) is 205 cm³/mol. The molecule has 5 heterocycles. The molecule has 13 heteroatoms. The number of nitrogens with one attached hydrogen (secondary N) is 1. The van der Waals surface area contributed by atoms with E-state index in [1.165, 1.54) is 6.07 Å². The minimum absolute atomic E-state index is 0.113. The van der Waals surface area contributed by atoms with Crippen molar-refractivity contribution in [1.82, 2.24) is 9.38 Å². The molecule has 1 saturated heterocycles. The van der Waals surface area contributed by atoms with Crippen LogP contribution in [0.1, 0.15) is 89.5 Å². The number of hydrogen-bond donors (Lipinski definition) is 2. The highest BCUT2D eigenvalue weighted by Gasteiger charge is 2.38. The summed E-state index contributed by atoms with van der Waals surface area (Å²) in [6.07, 6.45) is 5.22. The lowest BCUT2D eigenvalue weighted by Crippen LogP contribution is -2.45. The number of carboxylic acid groups (broad SMARTS) is 1. The zero-order chi connectivity index (χ0) is 38.5. The van der Waals surface area contributed by atoms with Crippen molar-refractivity contribution < 1.29 is 36.9 Å². The van der Waals surface area contributed by atoms with Crippen molar-refractivity contribution in [1.29, 1.82) is 0 Å². The van der Waals surface area contributed by atoms with E-state index in [0.717, 1.165) is 31.1 Å². The van der Waals surface area contributed by atoms with Gasteiger partial charge >= 0.3 is 5.97 Å². The molecule has 7 rings (SSSR count). The van der Waals surface area contributed by atoms with Crippen LogP contribution in [-0.4, -0.2) is 72.1 Å². The van der Waals surface area contributed by atoms with Crippen LogP contribution in [0.2, 0.25) is 0 Å². The molecule has 0 aliphatic carbocycles. The number of rotatable bonds is 5. The molecule has 0 unspecified atom stereocenters. The monoisotopic (exact) mass is 750 g/mol. The highest BCUT2D eigenvalue weighted by atomic mass is 32.2. The number of pyridine rings is 1. The van der Waals surface area contributed by atoms with Crippen molar-refractivity contribution in [3.63, 3.8) is 0 Å². The minimum Gasteiger partial charge on any atom is -0.490 e. The van der Waals surface area contributed by atoms with Crippen LogP contribution < -0.4 is 14.4 Å². The maximum atomic E-state index is 15.1. The maximum absolute atomic E-state index is 15.1. The number of aliphatic carboxylic acids is 1. The van der Waals surface area contributed by atoms with Crippen LogP contribution in [0.4, 0.5) is 15.9 Å². The number of carboxylic acids is 1. The highest BCUT2D eigenvalue weighted by molar-refractivity contribution is 7.92. The normalized spacial score (nSPS) is 20.5. The van der Waals surface area contributed by atoms with Crippen molar-refractivity contribution >= 4 is 33.1 Å². The van der Waals surface area contributed by atoms with Gasteiger partial charge in [0.05, 0.1) is 34.9 Å². The fourth-order valence-corrected chi connectivity index (χ4v) is 7.89. The van der Waals surface area contributed by atoms with Crippen molar-refractivity contribution in [2.24, 2.45) is 0 Å². The fourth-order valence-electron chi connectivity index (χ4n) is 7.28. The van der Waals surface area contributed by atoms with Crippen LogP contribution >= 0.6 is 0 Å². The summed E-state index contributed by atoms with van der Waals surface area (Å²) in [5.41, 5.74) is 2.96. The summed E-state index contributed by atoms with van der Waals surface area (Å²) in [5.74, 6) is -0.416. The van der Waals surface area contributed by atoms with Crippen LogP contribution in [-0.2, 0) is 24.3 Å². The number of benzene rings is 2. The third-order valence-electron chi connectivity index (χ3n) is 10.1. The SMILES string of the molecule is Cc1cc2c(cc1F)-c1cccc(c1)-c1cn3c(c([C@H](OC(C)(C)C)C(=O)O)c(C)c(NS(C)(=O)=O)c3n1)N1CCC(C)(CC1)OCCCC[C@@H](C)O2. The van der Waals surface area contributed by atoms with E-state index in [1.54, 1.807) is 51.3 Å². The van der Waals surface area contributed by atoms with Gasteiger partial charge in [-0.25, -0.2) is 22.6 Å². The summed E-state index contributed by atoms with van der Waals surface area (Å²) in [6.45, 7) is 14.6. The van der Waals surface area contributed by atoms with Gasteiger partial charge in [0.2, 0.25) is 10.0 Å². The number of piperidine rings is 1. The van der Waals surface area contributed by atoms with E-state index >= 15 is 4.39 Å². The Morgan fingerprint density at radius 1 is 1.13 bits per heavy atom. The Kier molecular flexibility index (Phi) is 10.6. The summed E-state index contributed by atoms with van der Waals surface area (Å²) in [6, 6.07) is 10.8. The number of fused-ring (bicyclic) bond motifs is 8. The number of anilines is 2. The van der Waals surface area contributed by atoms with Crippen LogP contribution in [0.15, 0.2) is 42.6 Å². The summed E-state index contributed by atoms with van der Waals surface area (Å²) in [7, 11) is -3.84. The second-order valence-electron chi connectivity index (χ2n) is 15.8. The van der Waals surface area contributed by atoms with E-state index in [4.69, 9.17) is 19.2 Å². The molecular weight excluding hydrogens is 700 g/mol. The van der Waals surface area contributed by atoms with E-state index in [2.05, 4.69) is 16.5 Å². The molecule has 0 spiro atoms. The lowest BCUT2D eigenvalue weighted by Gasteiger charge is -2.42. The van der Waals surface area contributed by atoms with Gasteiger partial charge in [-0.05, 0) is 115 Å². The molecule has 2 atom stereocenters. The average Bonchev–Trinajstić information content (AvgIpc) is 3.51. The zero-order valence-electron chi connectivity index (χ0n) is 31.9. The van der Waals surface area contributed by atoms with Gasteiger partial charge in [0.15, 0.2) is 11.8 Å². The van der Waals surface area contributed by atoms with Crippen LogP contribution in [0.5, 0.6) is 5.75 Å². The topological polar surface area (TPSA) is 132 Å². The number of sulfonamides is 1. The van der Waals surface area contributed by atoms with Crippen LogP contribution in [0.25, 0.3) is 28.0 Å². The molecule has 0 radical (unpaired) electrons. The van der Waals surface area contributed by atoms with Gasteiger partial charge < -0.3 is 24.2 Å². The van der Waals surface area contributed by atoms with Gasteiger partial charge in [-0.1, -0.05) is 18.2 Å². The maximum Gasteiger partial charge on any atom is 0.337 e. The number of aryl methyl sites for hydroxylation is 1. The second-order valence-corrected chi connectivity index (χ2v) is 17.5. The molecule has 0 amide bonds. The average molecular weight is 751 g/mol. The molecule has 2 N–H and O–H groups in total. The first-order valence-corrected chi connectivity index (χ1v) is 20.1. The Morgan fingerprint density at radius 3 is 2.49 bits per heavy atom. The summed E-state index contributed by atoms with van der Waals surface area (Å²) < 4.78 is 64.5. The third-order valence-corrected chi connectivity index (χ3v) is 10.6. The molecule has 4 aromatic rings. The lowest BCUT2D eigenvalue weighted by molar-refractivity contribution is -0.160. The van der Waals surface area contributed by atoms with Gasteiger partial charge in [-0.2, -0.15) is 0 Å². The summed E-state index contributed by atoms with van der Waals surface area (Å²) >= 11 is 0. The fraction of sp³-hybridized carbons (Fsp3) is 0.500. The largest absolute Gasteiger partial charge is 0.490 e. The molecule has 6 bridgehead atoms. The first kappa shape index (κ1) is 38.5. The van der Waals surface area contributed by atoms with Crippen LogP contribution in [0, 0.1) is 19.7 Å². The number of halogens is 1. The van der Waals surface area contributed by atoms with E-state index < -0.39 is 27.7 Å². The first-order chi connectivity index (χ1) is 24.8. The molecular formula is C40H51FN4O7S. The summed E-state index contributed by atoms with van der Waals surface area (Å²) in [4.78, 5) is 20.2. The zero-order valence-corrected chi connectivity index (χ0v) is 32.7. The van der Waals surface area contributed by atoms with E-state index in [-0.39, 0.29) is 23.2 Å². The second kappa shape index (κ2) is 14.6. The number of hydrogen-bond acceptors (Lipinski definition) is 8. The number of carbonyl (C=O) groups is 1. The molecule has 11 nitrogen and oxygen atoms in total. The Labute approximate surface area is 311 Å². The predicted octanol–water partition coefficient (Wildman–Crippen LogP) is 8.06. The molecule has 3 aliphatic rings. The molecule has 53 heavy (non-hydrogen) atoms. The Balaban J connectivity index is 1.64. The number of nitrogens with zero attached hydrogens (tertiary/aromatic N) is 3. The number of imidazole rings is 1. The molecule has 2 aromatic heterocycles. The van der Waals surface area contributed by atoms with Gasteiger partial charge in [-0.15, -0.1) is 0 Å². The number of aromatic nitrogens is 2. The quantitative estimate of drug-likeness (QED) is 0.208. The Bertz CT molecular complexity index is 2130. The first-order valence-electron chi connectivity index (χ1n) is 18.2. The number of ether oxygens (including phenoxy) is 3. The van der Waals surface area contributed by atoms with Crippen molar-refractivity contribution in [2.75, 3.05) is 35.6 Å². The molecule has 0 saturated carbocycles. The third kappa shape index (κ3) is 8.47. The molecule has 286 valence electrons. The van der Waals surface area contributed by atoms with Gasteiger partial charge in [-0.3, -0.25) is 9.12 Å². The smallest absolute Gasteiger partial charge is 0.337 e. The van der Waals surface area contributed by atoms with E-state index in [0.29, 0.717) is 83.3 Å². The van der Waals surface area contributed by atoms with Gasteiger partial charge in [0, 0.05) is 42.6 Å². The van der Waals surface area contributed by atoms with E-state index in [1.807, 2.05) is 31.2 Å². The molecule has 3 aliphatic heterocycles. The Hall–Kier alpha value is -4.20. The van der Waals surface area contributed by atoms with Crippen molar-refractivity contribution in [2.45, 2.75) is 104 Å². The lowest BCUT2D eigenvalue weighted by atomic mass is 9.92. The van der Waals surface area contributed by atoms with Gasteiger partial charge in [0.25, 0.3) is 0 Å². The molecule has 1 fully saturated rings. The Morgan fingerprint density at radius 2 is 1.83 bits per heavy atom. The van der Waals surface area contributed by atoms with E-state index in [9.17, 15) is 18.3 Å². The highest BCUT2D eigenvalue weighted by Crippen LogP contribution is 2.43. The van der Waals surface area contributed by atoms with Gasteiger partial charge in [0.1, 0.15) is 17.4 Å².